The van der Waals surface area contributed by atoms with Crippen LogP contribution in [0, 0.1) is 11.8 Å². The highest BCUT2D eigenvalue weighted by molar-refractivity contribution is 5.89. The van der Waals surface area contributed by atoms with Crippen molar-refractivity contribution in [2.75, 3.05) is 40.3 Å². The molecule has 0 bridgehead atoms. The Hall–Kier alpha value is -2.06. The van der Waals surface area contributed by atoms with Gasteiger partial charge in [0.05, 0.1) is 24.9 Å². The molecule has 25 heavy (non-hydrogen) atoms. The summed E-state index contributed by atoms with van der Waals surface area (Å²) in [6.07, 6.45) is 2.84. The number of methoxy groups -OCH3 is 1. The monoisotopic (exact) mass is 351 g/mol. The van der Waals surface area contributed by atoms with Gasteiger partial charge in [0.25, 0.3) is 6.29 Å². The molecule has 0 saturated carbocycles. The minimum absolute atomic E-state index is 0.0809. The second-order valence-corrected chi connectivity index (χ2v) is 6.69. The van der Waals surface area contributed by atoms with E-state index in [4.69, 9.17) is 14.2 Å². The van der Waals surface area contributed by atoms with E-state index in [9.17, 15) is 9.59 Å². The summed E-state index contributed by atoms with van der Waals surface area (Å²) in [6.45, 7) is 5.22. The number of allylic oxidation sites excluding steroid dienone is 1. The molecule has 1 N–H and O–H groups in total. The molecule has 3 atom stereocenters. The largest absolute Gasteiger partial charge is 0.466 e. The van der Waals surface area contributed by atoms with Crippen molar-refractivity contribution in [1.82, 2.24) is 15.3 Å². The zero-order chi connectivity index (χ0) is 18.0. The third-order valence-corrected chi connectivity index (χ3v) is 5.07. The van der Waals surface area contributed by atoms with Gasteiger partial charge in [0.15, 0.2) is 0 Å². The van der Waals surface area contributed by atoms with Crippen molar-refractivity contribution in [3.8, 4) is 0 Å². The molecule has 3 rings (SSSR count). The Labute approximate surface area is 147 Å². The Bertz CT molecular complexity index is 595. The highest BCUT2D eigenvalue weighted by Crippen LogP contribution is 2.43. The van der Waals surface area contributed by atoms with Gasteiger partial charge in [-0.15, -0.1) is 0 Å². The second kappa shape index (κ2) is 7.45. The van der Waals surface area contributed by atoms with Crippen molar-refractivity contribution in [3.63, 3.8) is 0 Å². The van der Waals surface area contributed by atoms with E-state index in [1.807, 2.05) is 19.0 Å². The number of ether oxygens (including phenoxy) is 3. The average molecular weight is 351 g/mol. The van der Waals surface area contributed by atoms with Crippen LogP contribution in [0.15, 0.2) is 23.5 Å². The topological polar surface area (TPSA) is 80.3 Å². The van der Waals surface area contributed by atoms with E-state index >= 15 is 0 Å². The van der Waals surface area contributed by atoms with Gasteiger partial charge in [-0.25, -0.2) is 14.6 Å². The lowest BCUT2D eigenvalue weighted by Gasteiger charge is -2.35. The minimum Gasteiger partial charge on any atom is -0.466 e. The van der Waals surface area contributed by atoms with Crippen molar-refractivity contribution in [3.05, 3.63) is 23.5 Å². The summed E-state index contributed by atoms with van der Waals surface area (Å²) in [5.74, 6) is -0.654. The van der Waals surface area contributed by atoms with E-state index in [-0.39, 0.29) is 11.8 Å². The summed E-state index contributed by atoms with van der Waals surface area (Å²) in [4.78, 5) is 26.3. The number of esters is 1. The summed E-state index contributed by atoms with van der Waals surface area (Å²) < 4.78 is 15.9. The molecule has 1 fully saturated rings. The van der Waals surface area contributed by atoms with Crippen LogP contribution in [0.4, 0.5) is 4.79 Å². The first-order valence-corrected chi connectivity index (χ1v) is 8.51. The van der Waals surface area contributed by atoms with Gasteiger partial charge in [-0.1, -0.05) is 11.6 Å². The zero-order valence-corrected chi connectivity index (χ0v) is 14.9. The summed E-state index contributed by atoms with van der Waals surface area (Å²) in [5.41, 5.74) is 4.30. The predicted molar refractivity (Wildman–Crippen MR) is 89.0 cm³/mol. The number of nitrogens with one attached hydrogen (secondary N) is 1. The molecule has 0 aromatic carbocycles. The highest BCUT2D eigenvalue weighted by Gasteiger charge is 2.44. The Kier molecular flexibility index (Phi) is 5.29. The fourth-order valence-corrected chi connectivity index (χ4v) is 3.55. The Balaban J connectivity index is 1.62. The molecule has 138 valence electrons. The number of hydrogen-bond donors (Lipinski definition) is 1. The van der Waals surface area contributed by atoms with Gasteiger partial charge in [0.2, 0.25) is 0 Å². The van der Waals surface area contributed by atoms with E-state index in [1.165, 1.54) is 13.4 Å². The molecule has 8 nitrogen and oxygen atoms in total. The summed E-state index contributed by atoms with van der Waals surface area (Å²) in [6, 6.07) is 0. The van der Waals surface area contributed by atoms with Gasteiger partial charge < -0.3 is 19.1 Å². The number of hydrazine groups is 1. The minimum atomic E-state index is -0.746. The number of piperazine rings is 1. The Morgan fingerprint density at radius 1 is 1.28 bits per heavy atom. The quantitative estimate of drug-likeness (QED) is 0.597. The molecule has 3 aliphatic rings. The van der Waals surface area contributed by atoms with Crippen molar-refractivity contribution in [1.29, 1.82) is 0 Å². The van der Waals surface area contributed by atoms with Crippen LogP contribution >= 0.6 is 0 Å². The third kappa shape index (κ3) is 3.80. The van der Waals surface area contributed by atoms with Crippen LogP contribution in [-0.2, 0) is 19.0 Å². The van der Waals surface area contributed by atoms with Gasteiger partial charge in [0, 0.05) is 32.1 Å². The fourth-order valence-electron chi connectivity index (χ4n) is 3.55. The van der Waals surface area contributed by atoms with E-state index in [0.717, 1.165) is 31.8 Å². The maximum atomic E-state index is 12.2. The van der Waals surface area contributed by atoms with Crippen LogP contribution < -0.4 is 5.43 Å². The molecule has 2 heterocycles. The van der Waals surface area contributed by atoms with Gasteiger partial charge >= 0.3 is 12.1 Å². The van der Waals surface area contributed by atoms with Crippen molar-refractivity contribution < 1.29 is 23.8 Å². The van der Waals surface area contributed by atoms with E-state index in [0.29, 0.717) is 12.0 Å². The van der Waals surface area contributed by atoms with Crippen molar-refractivity contribution in [2.24, 2.45) is 11.8 Å². The molecular weight excluding hydrogens is 326 g/mol. The van der Waals surface area contributed by atoms with E-state index < -0.39 is 18.4 Å². The van der Waals surface area contributed by atoms with E-state index in [1.54, 1.807) is 0 Å². The molecular formula is C17H25N3O5. The molecule has 0 aromatic rings. The van der Waals surface area contributed by atoms with Gasteiger partial charge in [-0.05, 0) is 20.4 Å². The first-order valence-electron chi connectivity index (χ1n) is 8.51. The number of fused-ring (bicyclic) bond motifs is 1. The second-order valence-electron chi connectivity index (χ2n) is 6.69. The first-order chi connectivity index (χ1) is 12.0. The number of likely N-dealkylation sites (N-methyl/N-ethyl adjacent to an activating group) is 1. The molecule has 2 aliphatic heterocycles. The zero-order valence-electron chi connectivity index (χ0n) is 14.9. The average Bonchev–Trinajstić information content (AvgIpc) is 2.99. The normalized spacial score (nSPS) is 29.8. The Morgan fingerprint density at radius 3 is 2.68 bits per heavy atom. The molecule has 0 spiro atoms. The number of nitrogens with zero attached hydrogens (tertiary/aromatic N) is 2. The van der Waals surface area contributed by atoms with Crippen LogP contribution in [0.3, 0.4) is 0 Å². The maximum absolute atomic E-state index is 12.2. The predicted octanol–water partition coefficient (Wildman–Crippen LogP) is 0.871. The summed E-state index contributed by atoms with van der Waals surface area (Å²) >= 11 is 0. The van der Waals surface area contributed by atoms with Crippen LogP contribution in [0.2, 0.25) is 0 Å². The molecule has 0 radical (unpaired) electrons. The first kappa shape index (κ1) is 17.8. The number of carbonyl (C=O) groups is 2. The molecule has 8 heteroatoms. The van der Waals surface area contributed by atoms with Gasteiger partial charge in [0.1, 0.15) is 0 Å². The third-order valence-electron chi connectivity index (χ3n) is 5.07. The molecule has 1 amide bonds. The number of amides is 1. The maximum Gasteiger partial charge on any atom is 0.424 e. The Morgan fingerprint density at radius 2 is 2.00 bits per heavy atom. The molecule has 1 saturated heterocycles. The SMILES string of the molecule is COC(=O)C1=COC(OC(=O)NN2CCN(C)CC2)C2C(C)=CCC12. The molecule has 1 aliphatic carbocycles. The number of rotatable bonds is 3. The summed E-state index contributed by atoms with van der Waals surface area (Å²) in [5, 5.41) is 1.84. The van der Waals surface area contributed by atoms with Crippen LogP contribution in [0.1, 0.15) is 13.3 Å². The lowest BCUT2D eigenvalue weighted by molar-refractivity contribution is -0.142. The van der Waals surface area contributed by atoms with Crippen LogP contribution in [0.25, 0.3) is 0 Å². The van der Waals surface area contributed by atoms with E-state index in [2.05, 4.69) is 16.4 Å². The highest BCUT2D eigenvalue weighted by atomic mass is 16.7. The van der Waals surface area contributed by atoms with Crippen LogP contribution in [0.5, 0.6) is 0 Å². The van der Waals surface area contributed by atoms with Crippen LogP contribution in [-0.4, -0.2) is 68.6 Å². The number of carbonyl (C=O) groups excluding carboxylic acids is 2. The summed E-state index contributed by atoms with van der Waals surface area (Å²) in [7, 11) is 3.39. The van der Waals surface area contributed by atoms with Gasteiger partial charge in [-0.3, -0.25) is 5.43 Å². The lowest BCUT2D eigenvalue weighted by atomic mass is 9.84. The van der Waals surface area contributed by atoms with Crippen molar-refractivity contribution >= 4 is 12.1 Å². The van der Waals surface area contributed by atoms with Gasteiger partial charge in [-0.2, -0.15) is 0 Å². The number of hydrogen-bond acceptors (Lipinski definition) is 7. The van der Waals surface area contributed by atoms with Crippen molar-refractivity contribution in [2.45, 2.75) is 19.6 Å². The standard InChI is InChI=1S/C17H25N3O5/c1-11-4-5-12-13(15(21)23-3)10-24-16(14(11)12)25-17(22)18-20-8-6-19(2)7-9-20/h4,10,12,14,16H,5-9H2,1-3H3,(H,18,22). The lowest BCUT2D eigenvalue weighted by Crippen LogP contribution is -2.53. The molecule has 0 aromatic heterocycles. The molecule has 3 unspecified atom stereocenters. The smallest absolute Gasteiger partial charge is 0.424 e. The fraction of sp³-hybridized carbons (Fsp3) is 0.647.